The Balaban J connectivity index is 1.51. The first-order chi connectivity index (χ1) is 10.3. The Morgan fingerprint density at radius 3 is 3.10 bits per heavy atom. The molecule has 3 rings (SSSR count). The van der Waals surface area contributed by atoms with Crippen LogP contribution in [0.1, 0.15) is 24.5 Å². The number of H-pyrrole nitrogens is 1. The van der Waals surface area contributed by atoms with Crippen LogP contribution in [0.3, 0.4) is 0 Å². The predicted octanol–water partition coefficient (Wildman–Crippen LogP) is 1.67. The maximum atomic E-state index is 10.0. The summed E-state index contributed by atoms with van der Waals surface area (Å²) in [7, 11) is 0. The van der Waals surface area contributed by atoms with Crippen LogP contribution in [0.25, 0.3) is 11.2 Å². The molecule has 3 N–H and O–H groups in total. The molecule has 0 aromatic carbocycles. The number of nitrogens with zero attached hydrogens (tertiary/aromatic N) is 4. The van der Waals surface area contributed by atoms with Gasteiger partial charge in [0.25, 0.3) is 0 Å². The topological polar surface area (TPSA) is 99.6 Å². The molecule has 7 heteroatoms. The Labute approximate surface area is 121 Å². The van der Waals surface area contributed by atoms with Crippen LogP contribution in [0.2, 0.25) is 0 Å². The van der Waals surface area contributed by atoms with Crippen LogP contribution in [0, 0.1) is 0 Å². The number of pyridine rings is 1. The number of hydrogen-bond donors (Lipinski definition) is 3. The minimum Gasteiger partial charge on any atom is -0.388 e. The maximum absolute atomic E-state index is 10.0. The van der Waals surface area contributed by atoms with Crippen molar-refractivity contribution < 1.29 is 5.11 Å². The van der Waals surface area contributed by atoms with Crippen LogP contribution in [0.15, 0.2) is 37.2 Å². The van der Waals surface area contributed by atoms with Gasteiger partial charge in [-0.2, -0.15) is 0 Å². The molecule has 0 saturated carbocycles. The second kappa shape index (κ2) is 6.27. The van der Waals surface area contributed by atoms with Gasteiger partial charge in [-0.3, -0.25) is 4.98 Å². The quantitative estimate of drug-likeness (QED) is 0.595. The van der Waals surface area contributed by atoms with Gasteiger partial charge in [0.05, 0.1) is 12.4 Å². The monoisotopic (exact) mass is 284 g/mol. The summed E-state index contributed by atoms with van der Waals surface area (Å²) in [5, 5.41) is 13.3. The second-order valence-electron chi connectivity index (χ2n) is 4.69. The normalized spacial score (nSPS) is 12.4. The van der Waals surface area contributed by atoms with Crippen LogP contribution in [-0.4, -0.2) is 36.6 Å². The van der Waals surface area contributed by atoms with E-state index in [1.807, 2.05) is 12.1 Å². The van der Waals surface area contributed by atoms with Gasteiger partial charge >= 0.3 is 0 Å². The van der Waals surface area contributed by atoms with Crippen molar-refractivity contribution in [3.8, 4) is 0 Å². The minimum atomic E-state index is -0.488. The van der Waals surface area contributed by atoms with E-state index in [0.29, 0.717) is 18.6 Å². The van der Waals surface area contributed by atoms with Crippen LogP contribution in [-0.2, 0) is 0 Å². The Morgan fingerprint density at radius 2 is 2.24 bits per heavy atom. The smallest absolute Gasteiger partial charge is 0.182 e. The van der Waals surface area contributed by atoms with E-state index in [4.69, 9.17) is 0 Å². The third kappa shape index (κ3) is 3.14. The van der Waals surface area contributed by atoms with Crippen molar-refractivity contribution in [2.75, 3.05) is 11.9 Å². The number of aliphatic hydroxyl groups is 1. The Bertz CT molecular complexity index is 699. The van der Waals surface area contributed by atoms with Gasteiger partial charge in [-0.25, -0.2) is 15.0 Å². The third-order valence-electron chi connectivity index (χ3n) is 3.24. The zero-order valence-electron chi connectivity index (χ0n) is 11.4. The lowest BCUT2D eigenvalue weighted by Gasteiger charge is -2.11. The van der Waals surface area contributed by atoms with Gasteiger partial charge in [0.2, 0.25) is 0 Å². The summed E-state index contributed by atoms with van der Waals surface area (Å²) in [6, 6.07) is 3.70. The molecule has 0 aliphatic heterocycles. The van der Waals surface area contributed by atoms with E-state index in [-0.39, 0.29) is 0 Å². The fraction of sp³-hybridized carbons (Fsp3) is 0.286. The number of nitrogens with one attached hydrogen (secondary N) is 2. The van der Waals surface area contributed by atoms with Crippen LogP contribution >= 0.6 is 0 Å². The van der Waals surface area contributed by atoms with E-state index in [9.17, 15) is 5.11 Å². The molecule has 0 saturated heterocycles. The van der Waals surface area contributed by atoms with Crippen molar-refractivity contribution in [3.63, 3.8) is 0 Å². The molecule has 7 nitrogen and oxygen atoms in total. The van der Waals surface area contributed by atoms with E-state index in [1.54, 1.807) is 18.7 Å². The highest BCUT2D eigenvalue weighted by molar-refractivity contribution is 5.81. The molecule has 0 fully saturated rings. The van der Waals surface area contributed by atoms with Crippen molar-refractivity contribution in [1.82, 2.24) is 24.9 Å². The standard InChI is InChI=1S/C14H16N6O/c21-11(10-3-1-5-15-7-10)4-2-6-16-13-12-14(18-8-17-12)20-9-19-13/h1,3,5,7-9,11,21H,2,4,6H2,(H2,16,17,18,19,20). The Kier molecular flexibility index (Phi) is 4.02. The number of imidazole rings is 1. The Morgan fingerprint density at radius 1 is 1.29 bits per heavy atom. The number of aliphatic hydroxyl groups excluding tert-OH is 1. The molecular weight excluding hydrogens is 268 g/mol. The van der Waals surface area contributed by atoms with Gasteiger partial charge in [-0.1, -0.05) is 6.07 Å². The first-order valence-electron chi connectivity index (χ1n) is 6.80. The van der Waals surface area contributed by atoms with Crippen molar-refractivity contribution in [3.05, 3.63) is 42.7 Å². The zero-order valence-corrected chi connectivity index (χ0v) is 11.4. The van der Waals surface area contributed by atoms with E-state index >= 15 is 0 Å². The van der Waals surface area contributed by atoms with Crippen molar-refractivity contribution in [1.29, 1.82) is 0 Å². The summed E-state index contributed by atoms with van der Waals surface area (Å²) in [5.41, 5.74) is 2.28. The van der Waals surface area contributed by atoms with Crippen molar-refractivity contribution >= 4 is 17.0 Å². The van der Waals surface area contributed by atoms with Gasteiger partial charge < -0.3 is 15.4 Å². The molecule has 0 amide bonds. The van der Waals surface area contributed by atoms with Crippen LogP contribution in [0.5, 0.6) is 0 Å². The lowest BCUT2D eigenvalue weighted by atomic mass is 10.1. The molecular formula is C14H16N6O. The summed E-state index contributed by atoms with van der Waals surface area (Å²) in [5.74, 6) is 0.730. The van der Waals surface area contributed by atoms with Gasteiger partial charge in [0.1, 0.15) is 11.8 Å². The number of anilines is 1. The largest absolute Gasteiger partial charge is 0.388 e. The number of aromatic nitrogens is 5. The highest BCUT2D eigenvalue weighted by Gasteiger charge is 2.08. The lowest BCUT2D eigenvalue weighted by molar-refractivity contribution is 0.165. The number of rotatable bonds is 6. The first-order valence-corrected chi connectivity index (χ1v) is 6.80. The van der Waals surface area contributed by atoms with E-state index < -0.39 is 6.10 Å². The summed E-state index contributed by atoms with van der Waals surface area (Å²) < 4.78 is 0. The van der Waals surface area contributed by atoms with E-state index in [2.05, 4.69) is 30.2 Å². The molecule has 0 radical (unpaired) electrons. The van der Waals surface area contributed by atoms with Crippen molar-refractivity contribution in [2.45, 2.75) is 18.9 Å². The first kappa shape index (κ1) is 13.4. The molecule has 0 spiro atoms. The molecule has 0 aliphatic carbocycles. The zero-order chi connectivity index (χ0) is 14.5. The number of aromatic amines is 1. The predicted molar refractivity (Wildman–Crippen MR) is 78.6 cm³/mol. The Hall–Kier alpha value is -2.54. The van der Waals surface area contributed by atoms with Crippen LogP contribution in [0.4, 0.5) is 5.82 Å². The van der Waals surface area contributed by atoms with Crippen molar-refractivity contribution in [2.24, 2.45) is 0 Å². The molecule has 3 heterocycles. The third-order valence-corrected chi connectivity index (χ3v) is 3.24. The van der Waals surface area contributed by atoms with Gasteiger partial charge in [-0.15, -0.1) is 0 Å². The summed E-state index contributed by atoms with van der Waals surface area (Å²) in [4.78, 5) is 19.3. The SMILES string of the molecule is OC(CCCNc1ncnc2nc[nH]c12)c1cccnc1. The lowest BCUT2D eigenvalue weighted by Crippen LogP contribution is -2.07. The maximum Gasteiger partial charge on any atom is 0.182 e. The van der Waals surface area contributed by atoms with Crippen LogP contribution < -0.4 is 5.32 Å². The molecule has 3 aromatic rings. The summed E-state index contributed by atoms with van der Waals surface area (Å²) in [6.45, 7) is 0.711. The van der Waals surface area contributed by atoms with Gasteiger partial charge in [0.15, 0.2) is 11.5 Å². The number of hydrogen-bond acceptors (Lipinski definition) is 6. The van der Waals surface area contributed by atoms with E-state index in [0.717, 1.165) is 23.3 Å². The van der Waals surface area contributed by atoms with Gasteiger partial charge in [-0.05, 0) is 24.5 Å². The average molecular weight is 284 g/mol. The molecule has 108 valence electrons. The number of fused-ring (bicyclic) bond motifs is 1. The molecule has 0 bridgehead atoms. The highest BCUT2D eigenvalue weighted by atomic mass is 16.3. The second-order valence-corrected chi connectivity index (χ2v) is 4.69. The molecule has 21 heavy (non-hydrogen) atoms. The summed E-state index contributed by atoms with van der Waals surface area (Å²) in [6.07, 6.45) is 7.45. The molecule has 1 unspecified atom stereocenters. The minimum absolute atomic E-state index is 0.488. The summed E-state index contributed by atoms with van der Waals surface area (Å²) >= 11 is 0. The highest BCUT2D eigenvalue weighted by Crippen LogP contribution is 2.18. The molecule has 0 aliphatic rings. The fourth-order valence-corrected chi connectivity index (χ4v) is 2.14. The average Bonchev–Trinajstić information content (AvgIpc) is 3.01. The fourth-order valence-electron chi connectivity index (χ4n) is 2.14. The van der Waals surface area contributed by atoms with Gasteiger partial charge in [0, 0.05) is 18.9 Å². The van der Waals surface area contributed by atoms with E-state index in [1.165, 1.54) is 6.33 Å². The molecule has 1 atom stereocenters. The molecule has 3 aromatic heterocycles.